The van der Waals surface area contributed by atoms with E-state index in [1.54, 1.807) is 11.9 Å². The molecule has 1 aromatic carbocycles. The molecule has 10 heteroatoms. The van der Waals surface area contributed by atoms with Crippen molar-refractivity contribution in [3.05, 3.63) is 45.8 Å². The summed E-state index contributed by atoms with van der Waals surface area (Å²) in [4.78, 5) is 25.5. The van der Waals surface area contributed by atoms with Gasteiger partial charge in [-0.3, -0.25) is 9.69 Å². The van der Waals surface area contributed by atoms with Gasteiger partial charge in [0.15, 0.2) is 8.32 Å². The third kappa shape index (κ3) is 5.95. The van der Waals surface area contributed by atoms with Crippen LogP contribution in [0.15, 0.2) is 24.4 Å². The summed E-state index contributed by atoms with van der Waals surface area (Å²) in [5.74, 6) is -0.0843. The predicted octanol–water partition coefficient (Wildman–Crippen LogP) is 5.90. The average molecular weight is 554 g/mol. The number of fused-ring (bicyclic) bond motifs is 1. The van der Waals surface area contributed by atoms with E-state index in [1.165, 1.54) is 6.20 Å². The van der Waals surface area contributed by atoms with Crippen molar-refractivity contribution < 1.29 is 14.3 Å². The van der Waals surface area contributed by atoms with Gasteiger partial charge in [-0.1, -0.05) is 44.5 Å². The molecule has 2 unspecified atom stereocenters. The van der Waals surface area contributed by atoms with Crippen LogP contribution in [0.25, 0.3) is 11.3 Å². The second kappa shape index (κ2) is 10.3. The average Bonchev–Trinajstić information content (AvgIpc) is 3.09. The van der Waals surface area contributed by atoms with Gasteiger partial charge in [0.25, 0.3) is 0 Å². The highest BCUT2D eigenvalue weighted by Gasteiger charge is 2.43. The normalized spacial score (nSPS) is 17.7. The lowest BCUT2D eigenvalue weighted by molar-refractivity contribution is -0.147. The molecule has 1 aliphatic rings. The first kappa shape index (κ1) is 29.0. The van der Waals surface area contributed by atoms with Crippen molar-refractivity contribution in [3.63, 3.8) is 0 Å². The van der Waals surface area contributed by atoms with E-state index in [1.807, 2.05) is 43.9 Å². The second-order valence-electron chi connectivity index (χ2n) is 12.0. The molecule has 3 rings (SSSR count). The minimum atomic E-state index is -2.13. The number of hydrogen-bond donors (Lipinski definition) is 1. The molecule has 1 N–H and O–H groups in total. The van der Waals surface area contributed by atoms with Crippen molar-refractivity contribution in [2.75, 3.05) is 13.7 Å². The van der Waals surface area contributed by atoms with Crippen LogP contribution in [-0.4, -0.2) is 64.3 Å². The predicted molar refractivity (Wildman–Crippen MR) is 147 cm³/mol. The quantitative estimate of drug-likeness (QED) is 0.354. The molecule has 0 saturated heterocycles. The fourth-order valence-electron chi connectivity index (χ4n) is 3.78. The van der Waals surface area contributed by atoms with E-state index >= 15 is 0 Å². The minimum absolute atomic E-state index is 0.00387. The van der Waals surface area contributed by atoms with Crippen LogP contribution in [0, 0.1) is 0 Å². The Kier molecular flexibility index (Phi) is 8.31. The zero-order chi connectivity index (χ0) is 27.2. The highest BCUT2D eigenvalue weighted by Crippen LogP contribution is 2.40. The summed E-state index contributed by atoms with van der Waals surface area (Å²) >= 11 is 12.3. The molecule has 0 bridgehead atoms. The number of aliphatic hydroxyl groups excluding tert-OH is 1. The Morgan fingerprint density at radius 1 is 1.25 bits per heavy atom. The van der Waals surface area contributed by atoms with Crippen LogP contribution in [0.3, 0.4) is 0 Å². The fourth-order valence-corrected chi connectivity index (χ4v) is 5.12. The van der Waals surface area contributed by atoms with Gasteiger partial charge in [0.05, 0.1) is 23.5 Å². The number of benzene rings is 1. The third-order valence-corrected chi connectivity index (χ3v) is 12.5. The van der Waals surface area contributed by atoms with Gasteiger partial charge in [-0.2, -0.15) is 0 Å². The minimum Gasteiger partial charge on any atom is -0.415 e. The lowest BCUT2D eigenvalue weighted by Crippen LogP contribution is -2.55. The van der Waals surface area contributed by atoms with Gasteiger partial charge in [0.2, 0.25) is 11.2 Å². The molecular weight excluding hydrogens is 515 g/mol. The Morgan fingerprint density at radius 3 is 2.47 bits per heavy atom. The summed E-state index contributed by atoms with van der Waals surface area (Å²) in [7, 11) is -0.330. The molecule has 0 saturated carbocycles. The number of likely N-dealkylation sites (N-methyl/N-ethyl adjacent to an activating group) is 1. The Hall–Kier alpha value is -1.55. The zero-order valence-electron chi connectivity index (χ0n) is 22.7. The molecule has 198 valence electrons. The highest BCUT2D eigenvalue weighted by molar-refractivity contribution is 6.74. The maximum Gasteiger partial charge on any atom is 0.242 e. The van der Waals surface area contributed by atoms with Gasteiger partial charge < -0.3 is 14.4 Å². The Morgan fingerprint density at radius 2 is 1.89 bits per heavy atom. The maximum atomic E-state index is 13.8. The second-order valence-corrected chi connectivity index (χ2v) is 17.5. The number of aliphatic hydroxyl groups is 1. The van der Waals surface area contributed by atoms with Crippen molar-refractivity contribution in [2.24, 2.45) is 0 Å². The summed E-state index contributed by atoms with van der Waals surface area (Å²) in [5.41, 5.74) is 2.48. The Labute approximate surface area is 225 Å². The summed E-state index contributed by atoms with van der Waals surface area (Å²) < 4.78 is 6.51. The van der Waals surface area contributed by atoms with Crippen LogP contribution in [-0.2, 0) is 15.8 Å². The summed E-state index contributed by atoms with van der Waals surface area (Å²) in [6, 6.07) is 5.04. The molecule has 0 radical (unpaired) electrons. The molecule has 36 heavy (non-hydrogen) atoms. The third-order valence-electron chi connectivity index (χ3n) is 7.51. The van der Waals surface area contributed by atoms with Crippen molar-refractivity contribution >= 4 is 37.4 Å². The molecular formula is C26H38Cl2N4O3Si. The molecule has 7 nitrogen and oxygen atoms in total. The summed E-state index contributed by atoms with van der Waals surface area (Å²) in [6.07, 6.45) is 0.471. The number of nitrogens with zero attached hydrogens (tertiary/aromatic N) is 4. The van der Waals surface area contributed by atoms with Gasteiger partial charge in [0.1, 0.15) is 12.3 Å². The van der Waals surface area contributed by atoms with Gasteiger partial charge in [-0.05, 0) is 62.1 Å². The number of hydrogen-bond acceptors (Lipinski definition) is 6. The number of rotatable bonds is 6. The van der Waals surface area contributed by atoms with Crippen LogP contribution >= 0.6 is 23.2 Å². The number of carbonyl (C=O) groups is 1. The van der Waals surface area contributed by atoms with Crippen LogP contribution in [0.4, 0.5) is 0 Å². The van der Waals surface area contributed by atoms with Gasteiger partial charge in [0, 0.05) is 30.3 Å². The molecule has 0 spiro atoms. The smallest absolute Gasteiger partial charge is 0.242 e. The van der Waals surface area contributed by atoms with Crippen molar-refractivity contribution in [1.29, 1.82) is 0 Å². The standard InChI is InChI=1S/C26H38Cl2N4O3Si/c1-25(2,3)31(7)23(34)20(15-35-36(8,9)26(4,5)6)32-14-17-11-10-16(12-18(17)22(32)33)21-19(27)13-29-24(28)30-21/h10-13,20,22,33H,14-15H2,1-9H3. The number of halogens is 2. The molecule has 0 aliphatic carbocycles. The van der Waals surface area contributed by atoms with Crippen LogP contribution in [0.5, 0.6) is 0 Å². The molecule has 2 heterocycles. The van der Waals surface area contributed by atoms with E-state index < -0.39 is 20.6 Å². The largest absolute Gasteiger partial charge is 0.415 e. The fraction of sp³-hybridized carbons (Fsp3) is 0.577. The highest BCUT2D eigenvalue weighted by atomic mass is 35.5. The van der Waals surface area contributed by atoms with E-state index in [4.69, 9.17) is 27.6 Å². The molecule has 0 fully saturated rings. The maximum absolute atomic E-state index is 13.8. The van der Waals surface area contributed by atoms with Crippen LogP contribution in [0.1, 0.15) is 58.9 Å². The SMILES string of the molecule is CN(C(=O)C(CO[Si](C)(C)C(C)(C)C)N1Cc2ccc(-c3nc(Cl)ncc3Cl)cc2C1O)C(C)(C)C. The van der Waals surface area contributed by atoms with E-state index in [-0.39, 0.29) is 28.4 Å². The molecule has 1 aromatic heterocycles. The zero-order valence-corrected chi connectivity index (χ0v) is 25.2. The van der Waals surface area contributed by atoms with E-state index in [0.29, 0.717) is 22.8 Å². The van der Waals surface area contributed by atoms with E-state index in [2.05, 4.69) is 43.8 Å². The first-order valence-corrected chi connectivity index (χ1v) is 15.8. The lowest BCUT2D eigenvalue weighted by Gasteiger charge is -2.41. The first-order chi connectivity index (χ1) is 16.4. The topological polar surface area (TPSA) is 78.8 Å². The molecule has 2 atom stereocenters. The summed E-state index contributed by atoms with van der Waals surface area (Å²) in [5, 5.41) is 11.9. The Bertz CT molecular complexity index is 1130. The first-order valence-electron chi connectivity index (χ1n) is 12.1. The lowest BCUT2D eigenvalue weighted by atomic mass is 10.0. The van der Waals surface area contributed by atoms with Crippen LogP contribution < -0.4 is 0 Å². The monoisotopic (exact) mass is 552 g/mol. The van der Waals surface area contributed by atoms with Crippen molar-refractivity contribution in [1.82, 2.24) is 19.8 Å². The van der Waals surface area contributed by atoms with Crippen molar-refractivity contribution in [3.8, 4) is 11.3 Å². The van der Waals surface area contributed by atoms with Crippen LogP contribution in [0.2, 0.25) is 28.4 Å². The van der Waals surface area contributed by atoms with Crippen molar-refractivity contribution in [2.45, 2.75) is 84.0 Å². The number of amides is 1. The van der Waals surface area contributed by atoms with Gasteiger partial charge in [-0.15, -0.1) is 0 Å². The number of aromatic nitrogens is 2. The molecule has 2 aromatic rings. The Balaban J connectivity index is 1.96. The molecule has 1 aliphatic heterocycles. The molecule has 1 amide bonds. The summed E-state index contributed by atoms with van der Waals surface area (Å²) in [6.45, 7) is 17.5. The van der Waals surface area contributed by atoms with E-state index in [9.17, 15) is 9.90 Å². The van der Waals surface area contributed by atoms with E-state index in [0.717, 1.165) is 11.1 Å². The number of carbonyl (C=O) groups excluding carboxylic acids is 1. The van der Waals surface area contributed by atoms with Gasteiger partial charge >= 0.3 is 0 Å². The van der Waals surface area contributed by atoms with Gasteiger partial charge in [-0.25, -0.2) is 9.97 Å².